The number of carbonyl (C=O) groups is 2. The second-order valence-corrected chi connectivity index (χ2v) is 7.78. The van der Waals surface area contributed by atoms with Crippen LogP contribution in [0.4, 0.5) is 5.69 Å². The van der Waals surface area contributed by atoms with E-state index in [1.165, 1.54) is 5.57 Å². The van der Waals surface area contributed by atoms with E-state index in [9.17, 15) is 4.79 Å². The summed E-state index contributed by atoms with van der Waals surface area (Å²) in [5.74, 6) is 0.513. The fourth-order valence-corrected chi connectivity index (χ4v) is 4.44. The van der Waals surface area contributed by atoms with Crippen molar-refractivity contribution in [2.24, 2.45) is 5.73 Å². The van der Waals surface area contributed by atoms with Crippen molar-refractivity contribution < 1.29 is 19.4 Å². The van der Waals surface area contributed by atoms with E-state index in [4.69, 9.17) is 20.4 Å². The molecule has 4 N–H and O–H groups in total. The summed E-state index contributed by atoms with van der Waals surface area (Å²) >= 11 is 1.66. The Bertz CT molecular complexity index is 1120. The number of carbonyl (C=O) groups excluding carboxylic acids is 1. The van der Waals surface area contributed by atoms with Crippen LogP contribution in [0.1, 0.15) is 54.1 Å². The molecule has 0 fully saturated rings. The van der Waals surface area contributed by atoms with Gasteiger partial charge in [-0.2, -0.15) is 0 Å². The summed E-state index contributed by atoms with van der Waals surface area (Å²) in [4.78, 5) is 21.9. The number of anilines is 1. The highest BCUT2D eigenvalue weighted by Crippen LogP contribution is 2.34. The normalized spacial score (nSPS) is 10.2. The summed E-state index contributed by atoms with van der Waals surface area (Å²) in [6, 6.07) is 16.5. The van der Waals surface area contributed by atoms with Crippen molar-refractivity contribution in [1.82, 2.24) is 0 Å². The molecule has 0 unspecified atom stereocenters. The van der Waals surface area contributed by atoms with Gasteiger partial charge in [0.1, 0.15) is 12.4 Å². The molecule has 0 aliphatic rings. The van der Waals surface area contributed by atoms with Crippen molar-refractivity contribution in [1.29, 1.82) is 0 Å². The second-order valence-electron chi connectivity index (χ2n) is 6.90. The molecule has 0 saturated heterocycles. The quantitative estimate of drug-likeness (QED) is 0.313. The number of amides is 1. The summed E-state index contributed by atoms with van der Waals surface area (Å²) in [7, 11) is 0. The largest absolute Gasteiger partial charge is 0.489 e. The van der Waals surface area contributed by atoms with Crippen molar-refractivity contribution in [3.05, 3.63) is 94.2 Å². The first-order valence-electron chi connectivity index (χ1n) is 10.3. The number of nitrogens with two attached hydrogens (primary N) is 1. The van der Waals surface area contributed by atoms with E-state index in [0.717, 1.165) is 22.4 Å². The Hall–Kier alpha value is -3.84. The molecular weight excluding hydrogens is 448 g/mol. The minimum absolute atomic E-state index is 0. The first-order chi connectivity index (χ1) is 15.9. The number of hydrogen-bond donors (Lipinski definition) is 3. The third-order valence-corrected chi connectivity index (χ3v) is 5.84. The van der Waals surface area contributed by atoms with Crippen LogP contribution in [0.5, 0.6) is 5.75 Å². The van der Waals surface area contributed by atoms with Crippen LogP contribution in [-0.2, 0) is 11.4 Å². The van der Waals surface area contributed by atoms with Crippen LogP contribution in [0, 0.1) is 0 Å². The van der Waals surface area contributed by atoms with Gasteiger partial charge in [0.25, 0.3) is 12.4 Å². The summed E-state index contributed by atoms with van der Waals surface area (Å²) in [5.41, 5.74) is 11.1. The molecule has 0 radical (unpaired) electrons. The minimum atomic E-state index is -0.250. The van der Waals surface area contributed by atoms with Gasteiger partial charge in [0, 0.05) is 39.0 Å². The fraction of sp³-hybridized carbons (Fsp3) is 0.185. The Kier molecular flexibility index (Phi) is 11.9. The standard InChI is InChI=1S/C25H26N2O2S.CH2O2.CH4/c1-4-18(5-2)24-23(17(3)26)20(16-30-24)15-29-22-13-9-12-21(14-22)27-25(28)19-10-7-6-8-11-19;2-1-3;/h4,6-14,16H,3,5,15,26H2,1-2H3,(H,27,28);1H,(H,2,3);1H4/b18-4-;;. The zero-order valence-electron chi connectivity index (χ0n) is 18.7. The van der Waals surface area contributed by atoms with E-state index in [1.54, 1.807) is 23.5 Å². The van der Waals surface area contributed by atoms with Gasteiger partial charge in [0.15, 0.2) is 0 Å². The van der Waals surface area contributed by atoms with Gasteiger partial charge in [-0.15, -0.1) is 11.3 Å². The molecule has 34 heavy (non-hydrogen) atoms. The Morgan fingerprint density at radius 3 is 2.47 bits per heavy atom. The van der Waals surface area contributed by atoms with E-state index in [-0.39, 0.29) is 19.8 Å². The van der Waals surface area contributed by atoms with Crippen LogP contribution < -0.4 is 15.8 Å². The van der Waals surface area contributed by atoms with E-state index in [0.29, 0.717) is 29.3 Å². The number of hydrogen-bond acceptors (Lipinski definition) is 5. The maximum atomic E-state index is 12.4. The molecule has 180 valence electrons. The molecule has 1 heterocycles. The minimum Gasteiger partial charge on any atom is -0.489 e. The van der Waals surface area contributed by atoms with Gasteiger partial charge in [-0.3, -0.25) is 9.59 Å². The molecule has 0 spiro atoms. The zero-order valence-corrected chi connectivity index (χ0v) is 19.5. The average Bonchev–Trinajstić information content (AvgIpc) is 3.24. The van der Waals surface area contributed by atoms with Crippen LogP contribution in [0.2, 0.25) is 0 Å². The topological polar surface area (TPSA) is 102 Å². The third-order valence-electron chi connectivity index (χ3n) is 4.73. The summed E-state index contributed by atoms with van der Waals surface area (Å²) < 4.78 is 6.01. The first-order valence-corrected chi connectivity index (χ1v) is 11.2. The number of benzene rings is 2. The summed E-state index contributed by atoms with van der Waals surface area (Å²) in [6.07, 6.45) is 3.04. The molecule has 0 aliphatic carbocycles. The van der Waals surface area contributed by atoms with Crippen LogP contribution in [0.25, 0.3) is 11.3 Å². The lowest BCUT2D eigenvalue weighted by molar-refractivity contribution is -0.122. The zero-order chi connectivity index (χ0) is 24.2. The molecule has 0 atom stereocenters. The number of allylic oxidation sites excluding steroid dienone is 2. The van der Waals surface area contributed by atoms with E-state index >= 15 is 0 Å². The van der Waals surface area contributed by atoms with Crippen molar-refractivity contribution in [3.8, 4) is 5.75 Å². The maximum Gasteiger partial charge on any atom is 0.290 e. The Balaban J connectivity index is 0.00000137. The van der Waals surface area contributed by atoms with Crippen LogP contribution in [0.3, 0.4) is 0 Å². The number of nitrogens with one attached hydrogen (secondary N) is 1. The smallest absolute Gasteiger partial charge is 0.290 e. The molecule has 2 aromatic carbocycles. The third kappa shape index (κ3) is 7.64. The Morgan fingerprint density at radius 1 is 1.21 bits per heavy atom. The highest BCUT2D eigenvalue weighted by Gasteiger charge is 2.16. The Morgan fingerprint density at radius 2 is 1.88 bits per heavy atom. The van der Waals surface area contributed by atoms with E-state index in [1.807, 2.05) is 49.4 Å². The van der Waals surface area contributed by atoms with Gasteiger partial charge in [-0.1, -0.05) is 51.3 Å². The molecule has 6 nitrogen and oxygen atoms in total. The molecule has 0 aliphatic heterocycles. The van der Waals surface area contributed by atoms with Gasteiger partial charge >= 0.3 is 0 Å². The molecule has 0 saturated carbocycles. The van der Waals surface area contributed by atoms with E-state index in [2.05, 4.69) is 30.3 Å². The lowest BCUT2D eigenvalue weighted by Gasteiger charge is -2.11. The van der Waals surface area contributed by atoms with Crippen molar-refractivity contribution >= 4 is 40.7 Å². The van der Waals surface area contributed by atoms with Crippen molar-refractivity contribution in [2.75, 3.05) is 5.32 Å². The molecule has 0 bridgehead atoms. The number of ether oxygens (including phenoxy) is 1. The first kappa shape index (κ1) is 28.2. The highest BCUT2D eigenvalue weighted by molar-refractivity contribution is 7.11. The Labute approximate surface area is 205 Å². The molecule has 3 aromatic rings. The number of carboxylic acid groups (broad SMARTS) is 1. The van der Waals surface area contributed by atoms with Crippen LogP contribution >= 0.6 is 11.3 Å². The average molecular weight is 481 g/mol. The SMILES string of the molecule is C.C=C(N)c1c(COc2cccc(NC(=O)c3ccccc3)c2)csc1/C(=C\C)CC.O=CO. The van der Waals surface area contributed by atoms with Crippen LogP contribution in [-0.4, -0.2) is 17.5 Å². The second kappa shape index (κ2) is 14.3. The number of thiophene rings is 1. The fourth-order valence-electron chi connectivity index (χ4n) is 3.20. The predicted molar refractivity (Wildman–Crippen MR) is 142 cm³/mol. The molecular formula is C27H32N2O4S. The van der Waals surface area contributed by atoms with Crippen molar-refractivity contribution in [2.45, 2.75) is 34.3 Å². The summed E-state index contributed by atoms with van der Waals surface area (Å²) in [5, 5.41) is 11.9. The molecule has 1 amide bonds. The molecule has 7 heteroatoms. The highest BCUT2D eigenvalue weighted by atomic mass is 32.1. The molecule has 1 aromatic heterocycles. The van der Waals surface area contributed by atoms with Gasteiger partial charge in [0.05, 0.1) is 0 Å². The summed E-state index contributed by atoms with van der Waals surface area (Å²) in [6.45, 7) is 8.24. The monoisotopic (exact) mass is 480 g/mol. The van der Waals surface area contributed by atoms with Gasteiger partial charge in [0.2, 0.25) is 0 Å². The van der Waals surface area contributed by atoms with Gasteiger partial charge in [-0.05, 0) is 48.6 Å². The predicted octanol–water partition coefficient (Wildman–Crippen LogP) is 6.66. The molecule has 3 rings (SSSR count). The lowest BCUT2D eigenvalue weighted by atomic mass is 10.0. The van der Waals surface area contributed by atoms with Crippen LogP contribution in [0.15, 0.2) is 72.6 Å². The van der Waals surface area contributed by atoms with Gasteiger partial charge in [-0.25, -0.2) is 0 Å². The van der Waals surface area contributed by atoms with Gasteiger partial charge < -0.3 is 20.9 Å². The lowest BCUT2D eigenvalue weighted by Crippen LogP contribution is -2.11. The van der Waals surface area contributed by atoms with E-state index < -0.39 is 0 Å². The van der Waals surface area contributed by atoms with Crippen molar-refractivity contribution in [3.63, 3.8) is 0 Å². The number of rotatable bonds is 8. The maximum absolute atomic E-state index is 12.4.